The van der Waals surface area contributed by atoms with Crippen molar-refractivity contribution in [2.75, 3.05) is 12.3 Å². The number of carbonyl (C=O) groups is 1. The van der Waals surface area contributed by atoms with Crippen LogP contribution in [0.25, 0.3) is 0 Å². The summed E-state index contributed by atoms with van der Waals surface area (Å²) in [4.78, 5) is 14.9. The van der Waals surface area contributed by atoms with E-state index in [9.17, 15) is 4.79 Å². The summed E-state index contributed by atoms with van der Waals surface area (Å²) in [6.07, 6.45) is 1.04. The first-order valence-corrected chi connectivity index (χ1v) is 7.60. The zero-order valence-electron chi connectivity index (χ0n) is 10.1. The van der Waals surface area contributed by atoms with Crippen LogP contribution < -0.4 is 0 Å². The van der Waals surface area contributed by atoms with Crippen LogP contribution in [0, 0.1) is 0 Å². The average molecular weight is 314 g/mol. The summed E-state index contributed by atoms with van der Waals surface area (Å²) < 4.78 is 1.09. The van der Waals surface area contributed by atoms with Gasteiger partial charge in [-0.2, -0.15) is 0 Å². The number of nitrogens with zero attached hydrogens (tertiary/aromatic N) is 1. The molecule has 0 saturated heterocycles. The van der Waals surface area contributed by atoms with E-state index >= 15 is 0 Å². The second kappa shape index (κ2) is 5.44. The van der Waals surface area contributed by atoms with Crippen LogP contribution in [-0.2, 0) is 4.79 Å². The molecule has 0 fully saturated rings. The second-order valence-corrected chi connectivity index (χ2v) is 6.19. The highest BCUT2D eigenvalue weighted by molar-refractivity contribution is 9.10. The largest absolute Gasteiger partial charge is 0.336 e. The number of rotatable bonds is 2. The molecule has 0 bridgehead atoms. The van der Waals surface area contributed by atoms with Gasteiger partial charge in [-0.15, -0.1) is 11.8 Å². The quantitative estimate of drug-likeness (QED) is 0.826. The fraction of sp³-hybridized carbons (Fsp3) is 0.462. The minimum Gasteiger partial charge on any atom is -0.336 e. The first-order valence-electron chi connectivity index (χ1n) is 5.83. The first-order chi connectivity index (χ1) is 8.13. The Morgan fingerprint density at radius 1 is 1.59 bits per heavy atom. The summed E-state index contributed by atoms with van der Waals surface area (Å²) in [5, 5.41) is 0. The van der Waals surface area contributed by atoms with Gasteiger partial charge in [0.2, 0.25) is 5.91 Å². The molecule has 1 heterocycles. The molecule has 4 heteroatoms. The molecule has 0 N–H and O–H groups in total. The van der Waals surface area contributed by atoms with Crippen molar-refractivity contribution in [3.05, 3.63) is 28.2 Å². The van der Waals surface area contributed by atoms with Crippen LogP contribution in [0.2, 0.25) is 0 Å². The van der Waals surface area contributed by atoms with Gasteiger partial charge >= 0.3 is 0 Å². The highest BCUT2D eigenvalue weighted by Crippen LogP contribution is 2.40. The van der Waals surface area contributed by atoms with Crippen molar-refractivity contribution < 1.29 is 4.79 Å². The smallest absolute Gasteiger partial charge is 0.219 e. The average Bonchev–Trinajstić information content (AvgIpc) is 2.30. The normalized spacial score (nSPS) is 18.6. The SMILES string of the molecule is CCN(C(C)=O)[C@@H]1CCSc2ccc(Br)cc21. The number of carbonyl (C=O) groups excluding carboxylic acids is 1. The van der Waals surface area contributed by atoms with Crippen molar-refractivity contribution in [1.82, 2.24) is 4.90 Å². The lowest BCUT2D eigenvalue weighted by atomic mass is 10.0. The maximum Gasteiger partial charge on any atom is 0.219 e. The third kappa shape index (κ3) is 2.68. The maximum absolute atomic E-state index is 11.7. The van der Waals surface area contributed by atoms with E-state index in [0.29, 0.717) is 0 Å². The van der Waals surface area contributed by atoms with E-state index in [-0.39, 0.29) is 11.9 Å². The molecule has 0 aromatic heterocycles. The number of fused-ring (bicyclic) bond motifs is 1. The Labute approximate surface area is 115 Å². The summed E-state index contributed by atoms with van der Waals surface area (Å²) in [5.74, 6) is 1.25. The van der Waals surface area contributed by atoms with Gasteiger partial charge < -0.3 is 4.90 Å². The van der Waals surface area contributed by atoms with E-state index < -0.39 is 0 Å². The van der Waals surface area contributed by atoms with Crippen LogP contribution in [0.15, 0.2) is 27.6 Å². The first kappa shape index (κ1) is 13.0. The van der Waals surface area contributed by atoms with Gasteiger partial charge in [0.1, 0.15) is 0 Å². The van der Waals surface area contributed by atoms with Gasteiger partial charge in [0, 0.05) is 28.6 Å². The van der Waals surface area contributed by atoms with E-state index in [1.807, 2.05) is 23.6 Å². The molecule has 17 heavy (non-hydrogen) atoms. The predicted molar refractivity (Wildman–Crippen MR) is 75.3 cm³/mol. The Morgan fingerprint density at radius 3 is 3.00 bits per heavy atom. The molecule has 1 aromatic rings. The predicted octanol–water partition coefficient (Wildman–Crippen LogP) is 3.85. The van der Waals surface area contributed by atoms with Crippen molar-refractivity contribution in [3.8, 4) is 0 Å². The summed E-state index contributed by atoms with van der Waals surface area (Å²) >= 11 is 5.40. The highest BCUT2D eigenvalue weighted by atomic mass is 79.9. The summed E-state index contributed by atoms with van der Waals surface area (Å²) in [6.45, 7) is 4.47. The van der Waals surface area contributed by atoms with Crippen molar-refractivity contribution in [2.24, 2.45) is 0 Å². The maximum atomic E-state index is 11.7. The molecule has 92 valence electrons. The van der Waals surface area contributed by atoms with Crippen molar-refractivity contribution in [1.29, 1.82) is 0 Å². The molecular weight excluding hydrogens is 298 g/mol. The van der Waals surface area contributed by atoms with Gasteiger partial charge in [-0.05, 0) is 37.1 Å². The van der Waals surface area contributed by atoms with Crippen LogP contribution in [0.4, 0.5) is 0 Å². The fourth-order valence-corrected chi connectivity index (χ4v) is 3.80. The molecule has 0 spiro atoms. The lowest BCUT2D eigenvalue weighted by molar-refractivity contribution is -0.131. The van der Waals surface area contributed by atoms with Crippen LogP contribution in [0.1, 0.15) is 31.9 Å². The Morgan fingerprint density at radius 2 is 2.35 bits per heavy atom. The third-order valence-corrected chi connectivity index (χ3v) is 4.72. The van der Waals surface area contributed by atoms with E-state index in [0.717, 1.165) is 23.2 Å². The molecule has 0 saturated carbocycles. The molecule has 0 aliphatic carbocycles. The lowest BCUT2D eigenvalue weighted by Gasteiger charge is -2.34. The zero-order chi connectivity index (χ0) is 12.4. The minimum absolute atomic E-state index is 0.162. The van der Waals surface area contributed by atoms with Crippen LogP contribution >= 0.6 is 27.7 Å². The van der Waals surface area contributed by atoms with Crippen molar-refractivity contribution in [3.63, 3.8) is 0 Å². The van der Waals surface area contributed by atoms with Crippen molar-refractivity contribution >= 4 is 33.6 Å². The number of hydrogen-bond acceptors (Lipinski definition) is 2. The molecule has 0 radical (unpaired) electrons. The third-order valence-electron chi connectivity index (χ3n) is 3.10. The van der Waals surface area contributed by atoms with E-state index in [4.69, 9.17) is 0 Å². The van der Waals surface area contributed by atoms with Gasteiger partial charge in [0.15, 0.2) is 0 Å². The fourth-order valence-electron chi connectivity index (χ4n) is 2.33. The monoisotopic (exact) mass is 313 g/mol. The number of hydrogen-bond donors (Lipinski definition) is 0. The summed E-state index contributed by atoms with van der Waals surface area (Å²) in [6, 6.07) is 6.60. The standard InChI is InChI=1S/C13H16BrNOS/c1-3-15(9(2)16)12-6-7-17-13-5-4-10(14)8-11(12)13/h4-5,8,12H,3,6-7H2,1-2H3/t12-/m1/s1. The van der Waals surface area contributed by atoms with Crippen LogP contribution in [0.3, 0.4) is 0 Å². The van der Waals surface area contributed by atoms with Crippen molar-refractivity contribution in [2.45, 2.75) is 31.2 Å². The molecule has 1 aliphatic rings. The molecule has 1 aliphatic heterocycles. The van der Waals surface area contributed by atoms with Crippen LogP contribution in [-0.4, -0.2) is 23.1 Å². The van der Waals surface area contributed by atoms with Gasteiger partial charge in [0.05, 0.1) is 6.04 Å². The second-order valence-electron chi connectivity index (χ2n) is 4.14. The van der Waals surface area contributed by atoms with E-state index in [1.165, 1.54) is 10.5 Å². The summed E-state index contributed by atoms with van der Waals surface area (Å²) in [7, 11) is 0. The molecule has 1 amide bonds. The Kier molecular flexibility index (Phi) is 4.15. The topological polar surface area (TPSA) is 20.3 Å². The molecule has 1 atom stereocenters. The Balaban J connectivity index is 2.39. The van der Waals surface area contributed by atoms with E-state index in [1.54, 1.807) is 6.92 Å². The number of thioether (sulfide) groups is 1. The highest BCUT2D eigenvalue weighted by Gasteiger charge is 2.27. The number of halogens is 1. The van der Waals surface area contributed by atoms with Crippen LogP contribution in [0.5, 0.6) is 0 Å². The van der Waals surface area contributed by atoms with Gasteiger partial charge in [-0.1, -0.05) is 15.9 Å². The van der Waals surface area contributed by atoms with Gasteiger partial charge in [-0.3, -0.25) is 4.79 Å². The van der Waals surface area contributed by atoms with E-state index in [2.05, 4.69) is 34.1 Å². The molecule has 2 nitrogen and oxygen atoms in total. The molecule has 2 rings (SSSR count). The zero-order valence-corrected chi connectivity index (χ0v) is 12.5. The van der Waals surface area contributed by atoms with Gasteiger partial charge in [-0.25, -0.2) is 0 Å². The summed E-state index contributed by atoms with van der Waals surface area (Å²) in [5.41, 5.74) is 1.28. The molecule has 0 unspecified atom stereocenters. The Bertz CT molecular complexity index is 435. The minimum atomic E-state index is 0.162. The van der Waals surface area contributed by atoms with Gasteiger partial charge in [0.25, 0.3) is 0 Å². The number of benzene rings is 1. The molecule has 1 aromatic carbocycles. The molecular formula is C13H16BrNOS. The lowest BCUT2D eigenvalue weighted by Crippen LogP contribution is -2.34. The number of amides is 1. The Hall–Kier alpha value is -0.480.